The van der Waals surface area contributed by atoms with E-state index in [9.17, 15) is 14.0 Å². The van der Waals surface area contributed by atoms with Crippen molar-refractivity contribution in [1.29, 1.82) is 0 Å². The van der Waals surface area contributed by atoms with Gasteiger partial charge in [-0.3, -0.25) is 14.5 Å². The summed E-state index contributed by atoms with van der Waals surface area (Å²) in [5.74, 6) is -0.864. The van der Waals surface area contributed by atoms with Crippen LogP contribution in [0.15, 0.2) is 78.5 Å². The normalized spacial score (nSPS) is 13.7. The monoisotopic (exact) mass is 436 g/mol. The van der Waals surface area contributed by atoms with Crippen LogP contribution in [0.3, 0.4) is 0 Å². The average Bonchev–Trinajstić information content (AvgIpc) is 3.00. The highest BCUT2D eigenvalue weighted by molar-refractivity contribution is 6.36. The van der Waals surface area contributed by atoms with Crippen LogP contribution in [0, 0.1) is 5.82 Å². The number of para-hydroxylation sites is 2. The van der Waals surface area contributed by atoms with E-state index < -0.39 is 17.6 Å². The molecule has 4 rings (SSSR count). The number of methoxy groups -OCH3 is 1. The Morgan fingerprint density at radius 1 is 0.935 bits per heavy atom. The summed E-state index contributed by atoms with van der Waals surface area (Å²) >= 11 is 5.94. The van der Waals surface area contributed by atoms with Crippen molar-refractivity contribution in [2.75, 3.05) is 12.4 Å². The third-order valence-corrected chi connectivity index (χ3v) is 5.17. The minimum absolute atomic E-state index is 0.0800. The molecule has 2 amide bonds. The predicted octanol–water partition coefficient (Wildman–Crippen LogP) is 4.88. The van der Waals surface area contributed by atoms with Crippen molar-refractivity contribution in [1.82, 2.24) is 4.90 Å². The van der Waals surface area contributed by atoms with Gasteiger partial charge in [0.1, 0.15) is 17.3 Å². The highest BCUT2D eigenvalue weighted by Crippen LogP contribution is 2.34. The highest BCUT2D eigenvalue weighted by atomic mass is 35.5. The van der Waals surface area contributed by atoms with Crippen molar-refractivity contribution in [3.8, 4) is 5.75 Å². The van der Waals surface area contributed by atoms with Crippen LogP contribution in [-0.2, 0) is 16.1 Å². The number of nitrogens with one attached hydrogen (secondary N) is 1. The predicted molar refractivity (Wildman–Crippen MR) is 117 cm³/mol. The molecule has 1 N–H and O–H groups in total. The number of amides is 2. The molecule has 0 atom stereocenters. The van der Waals surface area contributed by atoms with E-state index in [1.165, 1.54) is 31.4 Å². The maximum absolute atomic E-state index is 13.5. The molecule has 156 valence electrons. The first-order valence-corrected chi connectivity index (χ1v) is 9.86. The quantitative estimate of drug-likeness (QED) is 0.559. The van der Waals surface area contributed by atoms with Crippen LogP contribution in [-0.4, -0.2) is 23.8 Å². The first-order valence-electron chi connectivity index (χ1n) is 9.49. The van der Waals surface area contributed by atoms with Gasteiger partial charge < -0.3 is 10.1 Å². The van der Waals surface area contributed by atoms with Gasteiger partial charge in [-0.1, -0.05) is 48.0 Å². The lowest BCUT2D eigenvalue weighted by molar-refractivity contribution is -0.137. The van der Waals surface area contributed by atoms with Crippen molar-refractivity contribution < 1.29 is 18.7 Å². The van der Waals surface area contributed by atoms with Crippen LogP contribution in [0.2, 0.25) is 5.02 Å². The molecule has 0 unspecified atom stereocenters. The number of carbonyl (C=O) groups excluding carboxylic acids is 2. The van der Waals surface area contributed by atoms with E-state index in [0.717, 1.165) is 10.5 Å². The van der Waals surface area contributed by atoms with Crippen LogP contribution in [0.1, 0.15) is 11.1 Å². The van der Waals surface area contributed by atoms with Crippen LogP contribution in [0.5, 0.6) is 5.75 Å². The van der Waals surface area contributed by atoms with Gasteiger partial charge in [0, 0.05) is 5.02 Å². The number of carbonyl (C=O) groups is 2. The van der Waals surface area contributed by atoms with E-state index in [4.69, 9.17) is 16.3 Å². The van der Waals surface area contributed by atoms with Gasteiger partial charge in [0.25, 0.3) is 11.8 Å². The molecule has 5 nitrogen and oxygen atoms in total. The summed E-state index contributed by atoms with van der Waals surface area (Å²) in [5, 5.41) is 3.62. The Morgan fingerprint density at radius 3 is 2.29 bits per heavy atom. The zero-order valence-electron chi connectivity index (χ0n) is 16.6. The summed E-state index contributed by atoms with van der Waals surface area (Å²) in [6.45, 7) is 0.0800. The molecule has 0 saturated carbocycles. The molecule has 0 radical (unpaired) electrons. The zero-order valence-corrected chi connectivity index (χ0v) is 17.3. The summed E-state index contributed by atoms with van der Waals surface area (Å²) in [5.41, 5.74) is 2.01. The average molecular weight is 437 g/mol. The molecule has 3 aromatic rings. The topological polar surface area (TPSA) is 58.6 Å². The first kappa shape index (κ1) is 20.6. The third-order valence-electron chi connectivity index (χ3n) is 4.92. The van der Waals surface area contributed by atoms with Crippen LogP contribution in [0.25, 0.3) is 5.57 Å². The molecule has 31 heavy (non-hydrogen) atoms. The molecule has 3 aromatic carbocycles. The molecule has 0 spiro atoms. The van der Waals surface area contributed by atoms with Crippen molar-refractivity contribution >= 4 is 34.7 Å². The fraction of sp³-hybridized carbons (Fsp3) is 0.0833. The summed E-state index contributed by atoms with van der Waals surface area (Å²) in [6.07, 6.45) is 0. The molecule has 0 bridgehead atoms. The van der Waals surface area contributed by atoms with Gasteiger partial charge >= 0.3 is 0 Å². The molecular formula is C24H18ClFN2O3. The molecule has 0 aliphatic carbocycles. The molecule has 1 heterocycles. The van der Waals surface area contributed by atoms with Gasteiger partial charge in [-0.25, -0.2) is 4.39 Å². The van der Waals surface area contributed by atoms with Crippen molar-refractivity contribution in [2.45, 2.75) is 6.54 Å². The van der Waals surface area contributed by atoms with Gasteiger partial charge in [0.05, 0.1) is 24.9 Å². The number of anilines is 1. The second-order valence-electron chi connectivity index (χ2n) is 6.91. The van der Waals surface area contributed by atoms with Gasteiger partial charge in [0.15, 0.2) is 0 Å². The Bertz CT molecular complexity index is 1170. The summed E-state index contributed by atoms with van der Waals surface area (Å²) in [6, 6.07) is 19.4. The summed E-state index contributed by atoms with van der Waals surface area (Å²) < 4.78 is 18.8. The fourth-order valence-electron chi connectivity index (χ4n) is 3.37. The van der Waals surface area contributed by atoms with E-state index in [1.54, 1.807) is 48.5 Å². The first-order chi connectivity index (χ1) is 15.0. The lowest BCUT2D eigenvalue weighted by Crippen LogP contribution is -2.32. The highest BCUT2D eigenvalue weighted by Gasteiger charge is 2.39. The Labute approximate surface area is 183 Å². The van der Waals surface area contributed by atoms with Gasteiger partial charge in [-0.2, -0.15) is 0 Å². The third kappa shape index (κ3) is 4.15. The molecule has 0 fully saturated rings. The minimum Gasteiger partial charge on any atom is -0.495 e. The number of nitrogens with zero attached hydrogens (tertiary/aromatic N) is 1. The molecule has 7 heteroatoms. The number of imide groups is 1. The van der Waals surface area contributed by atoms with E-state index in [-0.39, 0.29) is 17.8 Å². The molecular weight excluding hydrogens is 419 g/mol. The Kier molecular flexibility index (Phi) is 5.73. The van der Waals surface area contributed by atoms with Crippen molar-refractivity contribution in [3.63, 3.8) is 0 Å². The van der Waals surface area contributed by atoms with Gasteiger partial charge in [-0.15, -0.1) is 0 Å². The maximum atomic E-state index is 13.5. The standard InChI is InChI=1S/C24H18ClFN2O3/c1-31-20-5-3-2-4-19(20)27-22-21(16-8-12-18(26)13-9-16)23(29)28(24(22)30)14-15-6-10-17(25)11-7-15/h2-13,27H,14H2,1H3. The SMILES string of the molecule is COc1ccccc1NC1=C(c2ccc(F)cc2)C(=O)N(Cc2ccc(Cl)cc2)C1=O. The second kappa shape index (κ2) is 8.62. The van der Waals surface area contributed by atoms with Crippen LogP contribution in [0.4, 0.5) is 10.1 Å². The molecule has 1 aliphatic rings. The van der Waals surface area contributed by atoms with E-state index in [1.807, 2.05) is 0 Å². The largest absolute Gasteiger partial charge is 0.495 e. The number of hydrogen-bond donors (Lipinski definition) is 1. The van der Waals surface area contributed by atoms with E-state index in [2.05, 4.69) is 5.32 Å². The van der Waals surface area contributed by atoms with E-state index >= 15 is 0 Å². The smallest absolute Gasteiger partial charge is 0.278 e. The summed E-state index contributed by atoms with van der Waals surface area (Å²) in [7, 11) is 1.52. The number of hydrogen-bond acceptors (Lipinski definition) is 4. The number of benzene rings is 3. The molecule has 1 aliphatic heterocycles. The lowest BCUT2D eigenvalue weighted by Gasteiger charge is -2.16. The van der Waals surface area contributed by atoms with E-state index in [0.29, 0.717) is 22.0 Å². The lowest BCUT2D eigenvalue weighted by atomic mass is 10.0. The molecule has 0 aromatic heterocycles. The van der Waals surface area contributed by atoms with Gasteiger partial charge in [0.2, 0.25) is 0 Å². The van der Waals surface area contributed by atoms with Crippen LogP contribution < -0.4 is 10.1 Å². The Morgan fingerprint density at radius 2 is 1.61 bits per heavy atom. The van der Waals surface area contributed by atoms with Crippen LogP contribution >= 0.6 is 11.6 Å². The molecule has 0 saturated heterocycles. The fourth-order valence-corrected chi connectivity index (χ4v) is 3.50. The van der Waals surface area contributed by atoms with Crippen molar-refractivity contribution in [3.05, 3.63) is 100 Å². The minimum atomic E-state index is -0.481. The zero-order chi connectivity index (χ0) is 22.0. The van der Waals surface area contributed by atoms with Gasteiger partial charge in [-0.05, 0) is 47.5 Å². The summed E-state index contributed by atoms with van der Waals surface area (Å²) in [4.78, 5) is 27.7. The Balaban J connectivity index is 1.75. The Hall–Kier alpha value is -3.64. The van der Waals surface area contributed by atoms with Crippen molar-refractivity contribution in [2.24, 2.45) is 0 Å². The second-order valence-corrected chi connectivity index (χ2v) is 7.34. The number of halogens is 2. The number of ether oxygens (including phenoxy) is 1. The maximum Gasteiger partial charge on any atom is 0.278 e. The number of rotatable bonds is 6.